The van der Waals surface area contributed by atoms with E-state index in [4.69, 9.17) is 4.74 Å². The summed E-state index contributed by atoms with van der Waals surface area (Å²) in [6.45, 7) is 10.2. The minimum absolute atomic E-state index is 0.284. The molecule has 166 valence electrons. The molecule has 0 saturated carbocycles. The van der Waals surface area contributed by atoms with Crippen LogP contribution in [0.1, 0.15) is 77.0 Å². The second-order valence-electron chi connectivity index (χ2n) is 9.47. The van der Waals surface area contributed by atoms with Crippen LogP contribution in [0.5, 0.6) is 0 Å². The zero-order valence-corrected chi connectivity index (χ0v) is 20.0. The number of carbonyl (C=O) groups is 1. The van der Waals surface area contributed by atoms with E-state index in [9.17, 15) is 4.79 Å². The predicted octanol–water partition coefficient (Wildman–Crippen LogP) is 7.37. The van der Waals surface area contributed by atoms with Crippen LogP contribution >= 0.6 is 0 Å². The number of hydrogen-bond acceptors (Lipinski definition) is 2. The molecule has 1 aromatic heterocycles. The molecule has 0 N–H and O–H groups in total. The number of aryl methyl sites for hydroxylation is 3. The van der Waals surface area contributed by atoms with Crippen molar-refractivity contribution in [3.05, 3.63) is 53.1 Å². The van der Waals surface area contributed by atoms with Crippen LogP contribution in [-0.4, -0.2) is 16.1 Å². The molecule has 3 nitrogen and oxygen atoms in total. The van der Waals surface area contributed by atoms with Crippen molar-refractivity contribution >= 4 is 33.9 Å². The lowest BCUT2D eigenvalue weighted by molar-refractivity contribution is -0.148. The largest absolute Gasteiger partial charge is 0.457 e. The molecular weight excluding hydrogens is 382 g/mol. The minimum Gasteiger partial charge on any atom is -0.457 e. The van der Waals surface area contributed by atoms with E-state index in [1.165, 1.54) is 38.5 Å². The summed E-state index contributed by atoms with van der Waals surface area (Å²) < 4.78 is 7.85. The Balaban J connectivity index is 2.25. The molecule has 31 heavy (non-hydrogen) atoms. The Morgan fingerprint density at radius 3 is 2.39 bits per heavy atom. The van der Waals surface area contributed by atoms with Crippen molar-refractivity contribution < 1.29 is 9.53 Å². The summed E-state index contributed by atoms with van der Waals surface area (Å²) in [5, 5.41) is 2.62. The Hall–Kier alpha value is -2.55. The SMILES string of the molecule is CCCCc1cc2c(c(CCCC)c1C=CC(=O)OC(C)(C)C)c1ccccc1n2C. The lowest BCUT2D eigenvalue weighted by atomic mass is 9.90. The van der Waals surface area contributed by atoms with Gasteiger partial charge >= 0.3 is 5.97 Å². The maximum atomic E-state index is 12.4. The monoisotopic (exact) mass is 419 g/mol. The summed E-state index contributed by atoms with van der Waals surface area (Å²) in [5.74, 6) is -0.284. The Labute approximate surface area is 187 Å². The van der Waals surface area contributed by atoms with Gasteiger partial charge in [0.25, 0.3) is 0 Å². The zero-order chi connectivity index (χ0) is 22.6. The van der Waals surface area contributed by atoms with Gasteiger partial charge in [0.05, 0.1) is 0 Å². The van der Waals surface area contributed by atoms with Crippen LogP contribution in [0.4, 0.5) is 0 Å². The lowest BCUT2D eigenvalue weighted by Gasteiger charge is -2.18. The molecule has 0 amide bonds. The van der Waals surface area contributed by atoms with Gasteiger partial charge in [-0.05, 0) is 81.4 Å². The molecule has 1 heterocycles. The predicted molar refractivity (Wildman–Crippen MR) is 133 cm³/mol. The van der Waals surface area contributed by atoms with Gasteiger partial charge in [0.15, 0.2) is 0 Å². The summed E-state index contributed by atoms with van der Waals surface area (Å²) in [5.41, 5.74) is 5.94. The first-order valence-electron chi connectivity index (χ1n) is 11.7. The van der Waals surface area contributed by atoms with E-state index in [-0.39, 0.29) is 5.97 Å². The van der Waals surface area contributed by atoms with Crippen molar-refractivity contribution in [2.24, 2.45) is 7.05 Å². The molecule has 0 radical (unpaired) electrons. The Morgan fingerprint density at radius 2 is 1.71 bits per heavy atom. The number of rotatable bonds is 8. The summed E-state index contributed by atoms with van der Waals surface area (Å²) in [4.78, 5) is 12.4. The van der Waals surface area contributed by atoms with Crippen LogP contribution in [0, 0.1) is 0 Å². The number of carbonyl (C=O) groups excluding carboxylic acids is 1. The Bertz CT molecular complexity index is 1100. The van der Waals surface area contributed by atoms with Crippen molar-refractivity contribution in [3.8, 4) is 0 Å². The number of ether oxygens (including phenoxy) is 1. The van der Waals surface area contributed by atoms with E-state index in [2.05, 4.69) is 55.8 Å². The number of fused-ring (bicyclic) bond motifs is 3. The average Bonchev–Trinajstić information content (AvgIpc) is 3.00. The molecule has 0 bridgehead atoms. The van der Waals surface area contributed by atoms with E-state index < -0.39 is 5.60 Å². The van der Waals surface area contributed by atoms with Crippen LogP contribution in [0.25, 0.3) is 27.9 Å². The fraction of sp³-hybridized carbons (Fsp3) is 0.464. The van der Waals surface area contributed by atoms with E-state index in [1.807, 2.05) is 26.8 Å². The number of unbranched alkanes of at least 4 members (excludes halogenated alkanes) is 2. The van der Waals surface area contributed by atoms with Gasteiger partial charge in [-0.2, -0.15) is 0 Å². The van der Waals surface area contributed by atoms with Gasteiger partial charge in [0.1, 0.15) is 5.60 Å². The normalized spacial score (nSPS) is 12.3. The summed E-state index contributed by atoms with van der Waals surface area (Å²) in [6, 6.07) is 11.0. The van der Waals surface area contributed by atoms with Crippen molar-refractivity contribution in [1.82, 2.24) is 4.57 Å². The highest BCUT2D eigenvalue weighted by atomic mass is 16.6. The molecule has 0 spiro atoms. The number of hydrogen-bond donors (Lipinski definition) is 0. The van der Waals surface area contributed by atoms with Crippen LogP contribution in [0.15, 0.2) is 36.4 Å². The smallest absolute Gasteiger partial charge is 0.331 e. The van der Waals surface area contributed by atoms with Gasteiger partial charge in [0, 0.05) is 34.9 Å². The molecule has 0 aliphatic carbocycles. The first kappa shape index (κ1) is 23.1. The third-order valence-electron chi connectivity index (χ3n) is 5.81. The number of esters is 1. The van der Waals surface area contributed by atoms with Gasteiger partial charge in [-0.15, -0.1) is 0 Å². The maximum absolute atomic E-state index is 12.4. The first-order valence-corrected chi connectivity index (χ1v) is 11.7. The summed E-state index contributed by atoms with van der Waals surface area (Å²) in [6.07, 6.45) is 10.2. The van der Waals surface area contributed by atoms with Gasteiger partial charge in [-0.3, -0.25) is 0 Å². The Morgan fingerprint density at radius 1 is 1.03 bits per heavy atom. The minimum atomic E-state index is -0.489. The molecule has 3 heteroatoms. The van der Waals surface area contributed by atoms with E-state index in [0.29, 0.717) is 0 Å². The van der Waals surface area contributed by atoms with Crippen molar-refractivity contribution in [2.45, 2.75) is 78.7 Å². The van der Waals surface area contributed by atoms with Gasteiger partial charge in [0.2, 0.25) is 0 Å². The van der Waals surface area contributed by atoms with Gasteiger partial charge in [-0.1, -0.05) is 44.9 Å². The molecule has 0 unspecified atom stereocenters. The Kier molecular flexibility index (Phi) is 7.25. The maximum Gasteiger partial charge on any atom is 0.331 e. The van der Waals surface area contributed by atoms with Crippen molar-refractivity contribution in [1.29, 1.82) is 0 Å². The molecule has 2 aromatic carbocycles. The summed E-state index contributed by atoms with van der Waals surface area (Å²) >= 11 is 0. The highest BCUT2D eigenvalue weighted by Gasteiger charge is 2.19. The van der Waals surface area contributed by atoms with Crippen LogP contribution < -0.4 is 0 Å². The molecule has 3 aromatic rings. The fourth-order valence-electron chi connectivity index (χ4n) is 4.35. The van der Waals surface area contributed by atoms with E-state index in [0.717, 1.165) is 38.5 Å². The topological polar surface area (TPSA) is 31.2 Å². The summed E-state index contributed by atoms with van der Waals surface area (Å²) in [7, 11) is 2.16. The highest BCUT2D eigenvalue weighted by molar-refractivity contribution is 6.11. The highest BCUT2D eigenvalue weighted by Crippen LogP contribution is 2.36. The quantitative estimate of drug-likeness (QED) is 0.282. The third kappa shape index (κ3) is 5.20. The molecule has 0 fully saturated rings. The number of benzene rings is 2. The standard InChI is InChI=1S/C28H37NO2/c1-7-9-13-20-19-25-27(23-15-11-12-16-24(23)29(25)6)22(14-10-8-2)21(20)17-18-26(30)31-28(3,4)5/h11-12,15-19H,7-10,13-14H2,1-6H3. The third-order valence-corrected chi connectivity index (χ3v) is 5.81. The second kappa shape index (κ2) is 9.72. The number of nitrogens with zero attached hydrogens (tertiary/aromatic N) is 1. The molecule has 0 aliphatic rings. The van der Waals surface area contributed by atoms with Gasteiger partial charge in [-0.25, -0.2) is 4.79 Å². The van der Waals surface area contributed by atoms with Crippen LogP contribution in [0.3, 0.4) is 0 Å². The van der Waals surface area contributed by atoms with Crippen LogP contribution in [0.2, 0.25) is 0 Å². The van der Waals surface area contributed by atoms with Gasteiger partial charge < -0.3 is 9.30 Å². The van der Waals surface area contributed by atoms with E-state index in [1.54, 1.807) is 6.08 Å². The van der Waals surface area contributed by atoms with Crippen LogP contribution in [-0.2, 0) is 29.4 Å². The molecule has 0 saturated heterocycles. The second-order valence-corrected chi connectivity index (χ2v) is 9.47. The average molecular weight is 420 g/mol. The van der Waals surface area contributed by atoms with Crippen molar-refractivity contribution in [2.75, 3.05) is 0 Å². The fourth-order valence-corrected chi connectivity index (χ4v) is 4.35. The van der Waals surface area contributed by atoms with Crippen molar-refractivity contribution in [3.63, 3.8) is 0 Å². The van der Waals surface area contributed by atoms with E-state index >= 15 is 0 Å². The molecule has 0 atom stereocenters. The first-order chi connectivity index (χ1) is 14.8. The zero-order valence-electron chi connectivity index (χ0n) is 20.0. The number of aromatic nitrogens is 1. The lowest BCUT2D eigenvalue weighted by Crippen LogP contribution is -2.22. The number of para-hydroxylation sites is 1. The molecule has 0 aliphatic heterocycles. The molecule has 3 rings (SSSR count). The molecular formula is C28H37NO2.